The second-order valence-electron chi connectivity index (χ2n) is 6.94. The van der Waals surface area contributed by atoms with Gasteiger partial charge in [0.2, 0.25) is 5.52 Å². The van der Waals surface area contributed by atoms with E-state index in [4.69, 9.17) is 0 Å². The first-order valence-electron chi connectivity index (χ1n) is 8.94. The number of hydrogen-bond acceptors (Lipinski definition) is 5. The molecular weight excluding hydrogens is 404 g/mol. The maximum atomic E-state index is 13.0. The van der Waals surface area contributed by atoms with E-state index in [-0.39, 0.29) is 25.4 Å². The number of aromatic nitrogens is 2. The van der Waals surface area contributed by atoms with Crippen LogP contribution in [0.3, 0.4) is 0 Å². The number of aryl methyl sites for hydroxylation is 2. The lowest BCUT2D eigenvalue weighted by molar-refractivity contribution is -0.620. The number of benzene rings is 3. The van der Waals surface area contributed by atoms with Gasteiger partial charge in [-0.25, -0.2) is 4.73 Å². The molecule has 150 valence electrons. The summed E-state index contributed by atoms with van der Waals surface area (Å²) in [7, 11) is -4.24. The fourth-order valence-corrected chi connectivity index (χ4v) is 4.33. The molecule has 0 radical (unpaired) electrons. The summed E-state index contributed by atoms with van der Waals surface area (Å²) in [6.45, 7) is 3.54. The van der Waals surface area contributed by atoms with Crippen molar-refractivity contribution in [1.82, 2.24) is 0 Å². The van der Waals surface area contributed by atoms with E-state index in [2.05, 4.69) is 4.72 Å². The van der Waals surface area contributed by atoms with E-state index in [9.17, 15) is 24.1 Å². The molecule has 1 aromatic heterocycles. The van der Waals surface area contributed by atoms with Gasteiger partial charge in [0.1, 0.15) is 4.90 Å². The minimum Gasteiger partial charge on any atom is -0.710 e. The largest absolute Gasteiger partial charge is 0.710 e. The van der Waals surface area contributed by atoms with E-state index in [1.165, 1.54) is 24.3 Å². The summed E-state index contributed by atoms with van der Waals surface area (Å²) in [6, 6.07) is 16.3. The number of sulfonamides is 1. The molecule has 0 unspecified atom stereocenters. The number of fused-ring (bicyclic) bond motifs is 2. The molecule has 0 saturated carbocycles. The number of nitrogens with zero attached hydrogens (tertiary/aromatic N) is 3. The van der Waals surface area contributed by atoms with E-state index in [0.29, 0.717) is 5.39 Å². The van der Waals surface area contributed by atoms with Crippen LogP contribution in [0.1, 0.15) is 16.8 Å². The lowest BCUT2D eigenvalue weighted by Gasteiger charge is -2.14. The maximum absolute atomic E-state index is 13.0. The molecule has 0 spiro atoms. The van der Waals surface area contributed by atoms with Crippen molar-refractivity contribution in [2.75, 3.05) is 4.72 Å². The van der Waals surface area contributed by atoms with Gasteiger partial charge in [-0.1, -0.05) is 30.3 Å². The monoisotopic (exact) mass is 420 g/mol. The fraction of sp³-hybridized carbons (Fsp3) is 0.0952. The molecule has 3 aromatic carbocycles. The summed E-state index contributed by atoms with van der Waals surface area (Å²) in [5.74, 6) is -0.642. The molecule has 4 aromatic rings. The van der Waals surface area contributed by atoms with Crippen LogP contribution < -0.4 is 14.2 Å². The van der Waals surface area contributed by atoms with Gasteiger partial charge in [0.15, 0.2) is 6.07 Å². The number of nitriles is 1. The second kappa shape index (κ2) is 6.86. The van der Waals surface area contributed by atoms with Crippen LogP contribution in [0, 0.1) is 35.6 Å². The van der Waals surface area contributed by atoms with Gasteiger partial charge in [-0.05, 0) is 53.9 Å². The molecule has 9 heteroatoms. The van der Waals surface area contributed by atoms with Gasteiger partial charge in [0.05, 0.1) is 0 Å². The van der Waals surface area contributed by atoms with E-state index in [1.54, 1.807) is 38.1 Å². The molecule has 0 atom stereocenters. The summed E-state index contributed by atoms with van der Waals surface area (Å²) >= 11 is 0. The third kappa shape index (κ3) is 3.03. The van der Waals surface area contributed by atoms with Crippen molar-refractivity contribution in [2.45, 2.75) is 18.7 Å². The highest BCUT2D eigenvalue weighted by Gasteiger charge is 2.32. The van der Waals surface area contributed by atoms with Crippen LogP contribution in [0.15, 0.2) is 59.5 Å². The van der Waals surface area contributed by atoms with Crippen molar-refractivity contribution in [3.8, 4) is 6.07 Å². The summed E-state index contributed by atoms with van der Waals surface area (Å²) in [6.07, 6.45) is 0. The molecule has 30 heavy (non-hydrogen) atoms. The number of rotatable bonds is 3. The predicted molar refractivity (Wildman–Crippen MR) is 111 cm³/mol. The van der Waals surface area contributed by atoms with Crippen LogP contribution in [-0.2, 0) is 10.0 Å². The van der Waals surface area contributed by atoms with Crippen LogP contribution in [-0.4, -0.2) is 8.42 Å². The zero-order valence-electron chi connectivity index (χ0n) is 16.1. The Morgan fingerprint density at radius 2 is 1.50 bits per heavy atom. The summed E-state index contributed by atoms with van der Waals surface area (Å²) in [5, 5.41) is 36.6. The lowest BCUT2D eigenvalue weighted by atomic mass is 10.1. The Hall–Kier alpha value is -3.90. The molecule has 0 aliphatic heterocycles. The number of hydrogen-bond donors (Lipinski definition) is 1. The molecule has 8 nitrogen and oxygen atoms in total. The third-order valence-electron chi connectivity index (χ3n) is 5.03. The van der Waals surface area contributed by atoms with Crippen LogP contribution in [0.5, 0.6) is 0 Å². The van der Waals surface area contributed by atoms with Crippen molar-refractivity contribution in [3.63, 3.8) is 0 Å². The Morgan fingerprint density at radius 1 is 0.900 bits per heavy atom. The first kappa shape index (κ1) is 19.4. The molecule has 0 fully saturated rings. The second-order valence-corrected chi connectivity index (χ2v) is 8.62. The Balaban J connectivity index is 1.91. The molecule has 1 N–H and O–H groups in total. The quantitative estimate of drug-likeness (QED) is 0.403. The smallest absolute Gasteiger partial charge is 0.386 e. The van der Waals surface area contributed by atoms with Crippen LogP contribution in [0.4, 0.5) is 5.82 Å². The van der Waals surface area contributed by atoms with Crippen molar-refractivity contribution in [1.29, 1.82) is 5.26 Å². The van der Waals surface area contributed by atoms with Gasteiger partial charge in [-0.2, -0.15) is 18.4 Å². The highest BCUT2D eigenvalue weighted by atomic mass is 32.2. The van der Waals surface area contributed by atoms with Gasteiger partial charge in [-0.15, -0.1) is 4.73 Å². The van der Waals surface area contributed by atoms with Gasteiger partial charge < -0.3 is 10.4 Å². The Morgan fingerprint density at radius 3 is 2.13 bits per heavy atom. The highest BCUT2D eigenvalue weighted by Crippen LogP contribution is 2.23. The predicted octanol–water partition coefficient (Wildman–Crippen LogP) is 2.55. The first-order valence-corrected chi connectivity index (χ1v) is 10.4. The van der Waals surface area contributed by atoms with Crippen molar-refractivity contribution < 1.29 is 17.9 Å². The lowest BCUT2D eigenvalue weighted by Crippen LogP contribution is -2.44. The number of nitrogens with one attached hydrogen (secondary N) is 1. The van der Waals surface area contributed by atoms with E-state index in [1.807, 2.05) is 12.1 Å². The average Bonchev–Trinajstić information content (AvgIpc) is 2.73. The molecule has 0 aliphatic rings. The number of anilines is 1. The van der Waals surface area contributed by atoms with Crippen LogP contribution in [0.2, 0.25) is 0 Å². The molecule has 0 bridgehead atoms. The highest BCUT2D eigenvalue weighted by molar-refractivity contribution is 7.92. The standard InChI is InChI=1S/C21H16N4O4S/c1-13-9-18-19(10-14(13)2)25(27)21(20(12-22)24(18)26)23-30(28,29)17-8-7-15-5-3-4-6-16(15)11-17/h3-11,23H,1-2H3. The molecule has 1 heterocycles. The van der Waals surface area contributed by atoms with Crippen LogP contribution in [0.25, 0.3) is 21.8 Å². The third-order valence-corrected chi connectivity index (χ3v) is 6.36. The van der Waals surface area contributed by atoms with Crippen molar-refractivity contribution in [3.05, 3.63) is 81.8 Å². The minimum absolute atomic E-state index is 0.0155. The fourth-order valence-electron chi connectivity index (χ4n) is 3.25. The van der Waals surface area contributed by atoms with E-state index >= 15 is 0 Å². The minimum atomic E-state index is -4.24. The SMILES string of the molecule is Cc1cc2c(cc1C)[n+]([O-])c(NS(=O)(=O)c1ccc3ccccc3c1)c(C#N)[n+]2[O-]. The first-order chi connectivity index (χ1) is 14.2. The summed E-state index contributed by atoms with van der Waals surface area (Å²) < 4.78 is 28.6. The Kier molecular flexibility index (Phi) is 4.44. The molecule has 0 aliphatic carbocycles. The Labute approximate surface area is 172 Å². The Bertz CT molecular complexity index is 1490. The van der Waals surface area contributed by atoms with E-state index in [0.717, 1.165) is 16.5 Å². The molecule has 4 rings (SSSR count). The molecular formula is C21H16N4O4S. The zero-order chi connectivity index (χ0) is 21.6. The van der Waals surface area contributed by atoms with Gasteiger partial charge in [0, 0.05) is 6.07 Å². The van der Waals surface area contributed by atoms with E-state index < -0.39 is 21.5 Å². The van der Waals surface area contributed by atoms with Crippen molar-refractivity contribution in [2.24, 2.45) is 0 Å². The zero-order valence-corrected chi connectivity index (χ0v) is 16.9. The normalized spacial score (nSPS) is 11.5. The topological polar surface area (TPSA) is 124 Å². The summed E-state index contributed by atoms with van der Waals surface area (Å²) in [5.41, 5.74) is 0.826. The van der Waals surface area contributed by atoms with Gasteiger partial charge in [0.25, 0.3) is 5.52 Å². The summed E-state index contributed by atoms with van der Waals surface area (Å²) in [4.78, 5) is -0.0947. The van der Waals surface area contributed by atoms with Crippen molar-refractivity contribution >= 4 is 37.6 Å². The molecule has 0 amide bonds. The van der Waals surface area contributed by atoms with Crippen LogP contribution >= 0.6 is 0 Å². The average molecular weight is 420 g/mol. The molecule has 0 saturated heterocycles. The van der Waals surface area contributed by atoms with Gasteiger partial charge >= 0.3 is 21.5 Å². The maximum Gasteiger partial charge on any atom is 0.386 e. The van der Waals surface area contributed by atoms with Gasteiger partial charge in [-0.3, -0.25) is 0 Å².